The fourth-order valence-electron chi connectivity index (χ4n) is 1.70. The van der Waals surface area contributed by atoms with Crippen LogP contribution in [0.2, 0.25) is 5.02 Å². The number of ketones is 1. The van der Waals surface area contributed by atoms with Gasteiger partial charge < -0.3 is 4.57 Å². The van der Waals surface area contributed by atoms with Gasteiger partial charge in [-0.3, -0.25) is 4.79 Å². The van der Waals surface area contributed by atoms with Gasteiger partial charge >= 0.3 is 0 Å². The third-order valence-corrected chi connectivity index (χ3v) is 4.44. The van der Waals surface area contributed by atoms with Crippen LogP contribution in [-0.4, -0.2) is 27.0 Å². The number of imidazole rings is 1. The Balaban J connectivity index is 2.16. The highest BCUT2D eigenvalue weighted by atomic mass is 35.5. The number of thioether (sulfide) groups is 1. The number of aromatic nitrogens is 2. The fourth-order valence-corrected chi connectivity index (χ4v) is 3.01. The van der Waals surface area contributed by atoms with Crippen molar-refractivity contribution in [2.75, 3.05) is 11.6 Å². The number of carbonyl (C=O) groups excluding carboxylic acids is 1. The van der Waals surface area contributed by atoms with E-state index in [0.29, 0.717) is 22.2 Å². The van der Waals surface area contributed by atoms with Crippen molar-refractivity contribution in [3.05, 3.63) is 46.7 Å². The predicted octanol–water partition coefficient (Wildman–Crippen LogP) is 4.03. The van der Waals surface area contributed by atoms with Gasteiger partial charge in [-0.2, -0.15) is 0 Å². The van der Waals surface area contributed by atoms with Gasteiger partial charge in [-0.1, -0.05) is 23.4 Å². The topological polar surface area (TPSA) is 34.9 Å². The van der Waals surface area contributed by atoms with Crippen LogP contribution in [0.15, 0.2) is 35.6 Å². The minimum atomic E-state index is -0.0548. The Kier molecular flexibility index (Phi) is 5.52. The van der Waals surface area contributed by atoms with Gasteiger partial charge in [-0.05, 0) is 30.7 Å². The predicted molar refractivity (Wildman–Crippen MR) is 84.2 cm³/mol. The van der Waals surface area contributed by atoms with Gasteiger partial charge in [0.1, 0.15) is 5.69 Å². The van der Waals surface area contributed by atoms with E-state index in [-0.39, 0.29) is 5.78 Å². The zero-order chi connectivity index (χ0) is 14.5. The Morgan fingerprint density at radius 2 is 2.05 bits per heavy atom. The summed E-state index contributed by atoms with van der Waals surface area (Å²) in [6.45, 7) is 0. The zero-order valence-corrected chi connectivity index (χ0v) is 13.3. The normalized spacial score (nSPS) is 10.8. The summed E-state index contributed by atoms with van der Waals surface area (Å²) in [5.41, 5.74) is 1.18. The maximum atomic E-state index is 12.4. The maximum absolute atomic E-state index is 12.4. The molecule has 0 aliphatic carbocycles. The molecule has 1 aromatic heterocycles. The van der Waals surface area contributed by atoms with Crippen LogP contribution in [0, 0.1) is 0 Å². The van der Waals surface area contributed by atoms with Crippen LogP contribution in [0.4, 0.5) is 0 Å². The molecule has 0 radical (unpaired) electrons. The van der Waals surface area contributed by atoms with Crippen molar-refractivity contribution in [1.29, 1.82) is 0 Å². The highest BCUT2D eigenvalue weighted by Gasteiger charge is 2.15. The lowest BCUT2D eigenvalue weighted by Gasteiger charge is -2.05. The molecule has 0 aliphatic heterocycles. The molecular formula is C14H14Cl2N2OS. The van der Waals surface area contributed by atoms with E-state index in [1.165, 1.54) is 0 Å². The van der Waals surface area contributed by atoms with Crippen molar-refractivity contribution in [2.45, 2.75) is 11.6 Å². The quantitative estimate of drug-likeness (QED) is 0.347. The number of benzene rings is 1. The molecule has 0 amide bonds. The van der Waals surface area contributed by atoms with E-state index in [2.05, 4.69) is 4.98 Å². The number of carbonyl (C=O) groups is 1. The second kappa shape index (κ2) is 7.16. The van der Waals surface area contributed by atoms with Gasteiger partial charge in [0.05, 0.1) is 6.20 Å². The van der Waals surface area contributed by atoms with E-state index >= 15 is 0 Å². The van der Waals surface area contributed by atoms with E-state index in [1.54, 1.807) is 42.2 Å². The average molecular weight is 329 g/mol. The molecule has 0 N–H and O–H groups in total. The number of halogens is 2. The highest BCUT2D eigenvalue weighted by molar-refractivity contribution is 7.99. The SMILES string of the molecule is Cn1c(C(=O)c2ccc(Cl)cc2)cnc1SCCCCl. The first-order valence-corrected chi connectivity index (χ1v) is 8.04. The minimum Gasteiger partial charge on any atom is -0.319 e. The molecule has 1 aromatic carbocycles. The fraction of sp³-hybridized carbons (Fsp3) is 0.286. The van der Waals surface area contributed by atoms with E-state index in [9.17, 15) is 4.79 Å². The van der Waals surface area contributed by atoms with Crippen molar-refractivity contribution in [2.24, 2.45) is 7.05 Å². The average Bonchev–Trinajstić information content (AvgIpc) is 2.81. The van der Waals surface area contributed by atoms with Crippen molar-refractivity contribution >= 4 is 40.7 Å². The second-order valence-corrected chi connectivity index (χ2v) is 6.09. The largest absolute Gasteiger partial charge is 0.319 e. The third kappa shape index (κ3) is 3.57. The zero-order valence-electron chi connectivity index (χ0n) is 11.0. The molecular weight excluding hydrogens is 315 g/mol. The van der Waals surface area contributed by atoms with Gasteiger partial charge in [-0.15, -0.1) is 11.6 Å². The third-order valence-electron chi connectivity index (χ3n) is 2.79. The molecule has 6 heteroatoms. The van der Waals surface area contributed by atoms with E-state index in [1.807, 2.05) is 11.6 Å². The molecule has 3 nitrogen and oxygen atoms in total. The molecule has 0 atom stereocenters. The van der Waals surface area contributed by atoms with Crippen molar-refractivity contribution in [3.8, 4) is 0 Å². The van der Waals surface area contributed by atoms with Gasteiger partial charge in [0, 0.05) is 29.3 Å². The summed E-state index contributed by atoms with van der Waals surface area (Å²) in [5.74, 6) is 1.47. The summed E-state index contributed by atoms with van der Waals surface area (Å²) < 4.78 is 1.82. The van der Waals surface area contributed by atoms with Crippen LogP contribution in [0.1, 0.15) is 22.5 Å². The molecule has 0 bridgehead atoms. The van der Waals surface area contributed by atoms with Gasteiger partial charge in [-0.25, -0.2) is 4.98 Å². The number of hydrogen-bond acceptors (Lipinski definition) is 3. The molecule has 20 heavy (non-hydrogen) atoms. The van der Waals surface area contributed by atoms with Gasteiger partial charge in [0.15, 0.2) is 5.16 Å². The summed E-state index contributed by atoms with van der Waals surface area (Å²) in [6.07, 6.45) is 2.53. The van der Waals surface area contributed by atoms with Crippen LogP contribution >= 0.6 is 35.0 Å². The lowest BCUT2D eigenvalue weighted by atomic mass is 10.1. The van der Waals surface area contributed by atoms with Crippen LogP contribution in [0.25, 0.3) is 0 Å². The van der Waals surface area contributed by atoms with Crippen molar-refractivity contribution in [3.63, 3.8) is 0 Å². The lowest BCUT2D eigenvalue weighted by molar-refractivity contribution is 0.103. The molecule has 0 unspecified atom stereocenters. The smallest absolute Gasteiger partial charge is 0.211 e. The lowest BCUT2D eigenvalue weighted by Crippen LogP contribution is -2.07. The molecule has 2 aromatic rings. The van der Waals surface area contributed by atoms with Crippen LogP contribution in [0.5, 0.6) is 0 Å². The molecule has 0 spiro atoms. The summed E-state index contributed by atoms with van der Waals surface area (Å²) in [5, 5.41) is 1.44. The van der Waals surface area contributed by atoms with Crippen molar-refractivity contribution < 1.29 is 4.79 Å². The van der Waals surface area contributed by atoms with E-state index in [4.69, 9.17) is 23.2 Å². The second-order valence-electron chi connectivity index (χ2n) is 4.21. The summed E-state index contributed by atoms with van der Waals surface area (Å²) >= 11 is 13.1. The number of alkyl halides is 1. The molecule has 0 saturated carbocycles. The summed E-state index contributed by atoms with van der Waals surface area (Å²) in [7, 11) is 1.85. The summed E-state index contributed by atoms with van der Waals surface area (Å²) in [4.78, 5) is 16.7. The first-order chi connectivity index (χ1) is 9.63. The van der Waals surface area contributed by atoms with Gasteiger partial charge in [0.2, 0.25) is 5.78 Å². The first kappa shape index (κ1) is 15.4. The monoisotopic (exact) mass is 328 g/mol. The Morgan fingerprint density at radius 3 is 2.70 bits per heavy atom. The number of rotatable bonds is 6. The van der Waals surface area contributed by atoms with Crippen LogP contribution < -0.4 is 0 Å². The van der Waals surface area contributed by atoms with Crippen molar-refractivity contribution in [1.82, 2.24) is 9.55 Å². The van der Waals surface area contributed by atoms with Crippen LogP contribution in [0.3, 0.4) is 0 Å². The molecule has 1 heterocycles. The number of hydrogen-bond donors (Lipinski definition) is 0. The Labute approximate surface area is 132 Å². The van der Waals surface area contributed by atoms with E-state index < -0.39 is 0 Å². The highest BCUT2D eigenvalue weighted by Crippen LogP contribution is 2.20. The molecule has 2 rings (SSSR count). The Hall–Kier alpha value is -0.970. The molecule has 0 aliphatic rings. The molecule has 0 fully saturated rings. The molecule has 106 valence electrons. The van der Waals surface area contributed by atoms with Gasteiger partial charge in [0.25, 0.3) is 0 Å². The number of nitrogens with zero attached hydrogens (tertiary/aromatic N) is 2. The summed E-state index contributed by atoms with van der Waals surface area (Å²) in [6, 6.07) is 6.86. The first-order valence-electron chi connectivity index (χ1n) is 6.14. The molecule has 0 saturated heterocycles. The standard InChI is InChI=1S/C14H14Cl2N2OS/c1-18-12(9-17-14(18)20-8-2-7-15)13(19)10-3-5-11(16)6-4-10/h3-6,9H,2,7-8H2,1H3. The minimum absolute atomic E-state index is 0.0548. The Bertz CT molecular complexity index is 596. The maximum Gasteiger partial charge on any atom is 0.211 e. The van der Waals surface area contributed by atoms with Crippen LogP contribution in [-0.2, 0) is 7.05 Å². The Morgan fingerprint density at radius 1 is 1.35 bits per heavy atom. The van der Waals surface area contributed by atoms with E-state index in [0.717, 1.165) is 17.3 Å².